The summed E-state index contributed by atoms with van der Waals surface area (Å²) >= 11 is 6.13. The van der Waals surface area contributed by atoms with Crippen LogP contribution in [0.4, 0.5) is 0 Å². The SMILES string of the molecule is Cc1nn(-c2ccc(C(C)N)cc2)c(C)c1Cl. The van der Waals surface area contributed by atoms with Crippen molar-refractivity contribution < 1.29 is 0 Å². The fourth-order valence-electron chi connectivity index (χ4n) is 1.79. The van der Waals surface area contributed by atoms with Crippen LogP contribution in [0.5, 0.6) is 0 Å². The van der Waals surface area contributed by atoms with Gasteiger partial charge in [-0.1, -0.05) is 23.7 Å². The highest BCUT2D eigenvalue weighted by Crippen LogP contribution is 2.23. The lowest BCUT2D eigenvalue weighted by Gasteiger charge is -2.08. The van der Waals surface area contributed by atoms with Crippen molar-refractivity contribution >= 4 is 11.6 Å². The monoisotopic (exact) mass is 249 g/mol. The van der Waals surface area contributed by atoms with Gasteiger partial charge in [-0.15, -0.1) is 0 Å². The van der Waals surface area contributed by atoms with E-state index in [1.54, 1.807) is 0 Å². The van der Waals surface area contributed by atoms with Crippen LogP contribution in [0.15, 0.2) is 24.3 Å². The zero-order valence-electron chi connectivity index (χ0n) is 10.2. The number of nitrogens with zero attached hydrogens (tertiary/aromatic N) is 2. The van der Waals surface area contributed by atoms with Gasteiger partial charge in [0, 0.05) is 6.04 Å². The Hall–Kier alpha value is -1.32. The van der Waals surface area contributed by atoms with Crippen molar-refractivity contribution in [2.45, 2.75) is 26.8 Å². The minimum Gasteiger partial charge on any atom is -0.324 e. The summed E-state index contributed by atoms with van der Waals surface area (Å²) in [5, 5.41) is 5.13. The second-order valence-corrected chi connectivity index (χ2v) is 4.65. The molecule has 0 saturated carbocycles. The third kappa shape index (κ3) is 2.21. The van der Waals surface area contributed by atoms with Gasteiger partial charge in [0.25, 0.3) is 0 Å². The fraction of sp³-hybridized carbons (Fsp3) is 0.308. The molecule has 1 heterocycles. The predicted octanol–water partition coefficient (Wildman–Crippen LogP) is 3.16. The minimum atomic E-state index is 0.0492. The van der Waals surface area contributed by atoms with Crippen molar-refractivity contribution in [3.8, 4) is 5.69 Å². The van der Waals surface area contributed by atoms with E-state index < -0.39 is 0 Å². The average Bonchev–Trinajstić information content (AvgIpc) is 2.57. The molecule has 0 spiro atoms. The molecule has 1 unspecified atom stereocenters. The molecule has 0 aliphatic rings. The molecule has 0 aliphatic heterocycles. The van der Waals surface area contributed by atoms with E-state index in [2.05, 4.69) is 5.10 Å². The molecule has 0 radical (unpaired) electrons. The first-order chi connectivity index (χ1) is 8.00. The molecule has 1 atom stereocenters. The lowest BCUT2D eigenvalue weighted by molar-refractivity contribution is 0.808. The summed E-state index contributed by atoms with van der Waals surface area (Å²) in [5.41, 5.74) is 9.74. The number of aromatic nitrogens is 2. The Balaban J connectivity index is 2.43. The van der Waals surface area contributed by atoms with E-state index in [1.807, 2.05) is 49.7 Å². The first-order valence-electron chi connectivity index (χ1n) is 5.58. The molecule has 2 rings (SSSR count). The third-order valence-electron chi connectivity index (χ3n) is 2.87. The van der Waals surface area contributed by atoms with Gasteiger partial charge in [0.2, 0.25) is 0 Å². The van der Waals surface area contributed by atoms with E-state index in [9.17, 15) is 0 Å². The van der Waals surface area contributed by atoms with Crippen molar-refractivity contribution in [1.29, 1.82) is 0 Å². The van der Waals surface area contributed by atoms with E-state index in [4.69, 9.17) is 17.3 Å². The molecule has 4 heteroatoms. The van der Waals surface area contributed by atoms with Gasteiger partial charge in [-0.2, -0.15) is 5.10 Å². The normalized spacial score (nSPS) is 12.8. The third-order valence-corrected chi connectivity index (χ3v) is 3.41. The van der Waals surface area contributed by atoms with Gasteiger partial charge in [0.05, 0.1) is 22.1 Å². The van der Waals surface area contributed by atoms with E-state index in [0.29, 0.717) is 0 Å². The van der Waals surface area contributed by atoms with Crippen LogP contribution in [0.3, 0.4) is 0 Å². The summed E-state index contributed by atoms with van der Waals surface area (Å²) in [5.74, 6) is 0. The van der Waals surface area contributed by atoms with E-state index in [0.717, 1.165) is 27.7 Å². The number of benzene rings is 1. The summed E-state index contributed by atoms with van der Waals surface area (Å²) in [7, 11) is 0. The maximum Gasteiger partial charge on any atom is 0.0848 e. The van der Waals surface area contributed by atoms with Crippen LogP contribution >= 0.6 is 11.6 Å². The van der Waals surface area contributed by atoms with Crippen LogP contribution < -0.4 is 5.73 Å². The van der Waals surface area contributed by atoms with Gasteiger partial charge in [0.15, 0.2) is 0 Å². The predicted molar refractivity (Wildman–Crippen MR) is 70.7 cm³/mol. The molecule has 0 amide bonds. The molecular weight excluding hydrogens is 234 g/mol. The quantitative estimate of drug-likeness (QED) is 0.889. The van der Waals surface area contributed by atoms with E-state index in [-0.39, 0.29) is 6.04 Å². The minimum absolute atomic E-state index is 0.0492. The van der Waals surface area contributed by atoms with Gasteiger partial charge in [0.1, 0.15) is 0 Å². The molecule has 0 fully saturated rings. The van der Waals surface area contributed by atoms with Crippen molar-refractivity contribution in [2.75, 3.05) is 0 Å². The number of hydrogen-bond donors (Lipinski definition) is 1. The highest BCUT2D eigenvalue weighted by atomic mass is 35.5. The highest BCUT2D eigenvalue weighted by Gasteiger charge is 2.10. The van der Waals surface area contributed by atoms with Gasteiger partial charge in [-0.25, -0.2) is 4.68 Å². The molecule has 0 saturated heterocycles. The molecule has 1 aromatic carbocycles. The molecule has 0 bridgehead atoms. The smallest absolute Gasteiger partial charge is 0.0848 e. The van der Waals surface area contributed by atoms with Crippen molar-refractivity contribution in [1.82, 2.24) is 9.78 Å². The Morgan fingerprint density at radius 2 is 1.82 bits per heavy atom. The first-order valence-corrected chi connectivity index (χ1v) is 5.96. The molecule has 2 N–H and O–H groups in total. The zero-order chi connectivity index (χ0) is 12.6. The maximum absolute atomic E-state index is 6.13. The van der Waals surface area contributed by atoms with Gasteiger partial charge >= 0.3 is 0 Å². The highest BCUT2D eigenvalue weighted by molar-refractivity contribution is 6.31. The summed E-state index contributed by atoms with van der Waals surface area (Å²) in [6, 6.07) is 8.10. The fourth-order valence-corrected chi connectivity index (χ4v) is 1.91. The molecule has 0 aliphatic carbocycles. The van der Waals surface area contributed by atoms with Crippen LogP contribution in [-0.4, -0.2) is 9.78 Å². The van der Waals surface area contributed by atoms with Crippen molar-refractivity contribution in [2.24, 2.45) is 5.73 Å². The molecule has 1 aromatic heterocycles. The Morgan fingerprint density at radius 1 is 1.24 bits per heavy atom. The number of rotatable bonds is 2. The lowest BCUT2D eigenvalue weighted by Crippen LogP contribution is -2.05. The first kappa shape index (κ1) is 12.1. The zero-order valence-corrected chi connectivity index (χ0v) is 11.0. The van der Waals surface area contributed by atoms with Crippen molar-refractivity contribution in [3.63, 3.8) is 0 Å². The number of aryl methyl sites for hydroxylation is 1. The summed E-state index contributed by atoms with van der Waals surface area (Å²) < 4.78 is 1.85. The second kappa shape index (κ2) is 4.51. The average molecular weight is 250 g/mol. The van der Waals surface area contributed by atoms with Gasteiger partial charge < -0.3 is 5.73 Å². The standard InChI is InChI=1S/C13H16ClN3/c1-8(15)11-4-6-12(7-5-11)17-10(3)13(14)9(2)16-17/h4-8H,15H2,1-3H3. The van der Waals surface area contributed by atoms with E-state index in [1.165, 1.54) is 0 Å². The molecular formula is C13H16ClN3. The second-order valence-electron chi connectivity index (χ2n) is 4.28. The lowest BCUT2D eigenvalue weighted by atomic mass is 10.1. The van der Waals surface area contributed by atoms with Crippen LogP contribution in [0.2, 0.25) is 5.02 Å². The van der Waals surface area contributed by atoms with Crippen LogP contribution in [-0.2, 0) is 0 Å². The molecule has 90 valence electrons. The largest absolute Gasteiger partial charge is 0.324 e. The van der Waals surface area contributed by atoms with Crippen LogP contribution in [0, 0.1) is 13.8 Å². The Bertz CT molecular complexity index is 526. The summed E-state index contributed by atoms with van der Waals surface area (Å²) in [4.78, 5) is 0. The Morgan fingerprint density at radius 3 is 2.24 bits per heavy atom. The number of hydrogen-bond acceptors (Lipinski definition) is 2. The molecule has 3 nitrogen and oxygen atoms in total. The van der Waals surface area contributed by atoms with Crippen LogP contribution in [0.1, 0.15) is 29.9 Å². The maximum atomic E-state index is 6.13. The number of nitrogens with two attached hydrogens (primary N) is 1. The van der Waals surface area contributed by atoms with Gasteiger partial charge in [-0.05, 0) is 38.5 Å². The topological polar surface area (TPSA) is 43.8 Å². The summed E-state index contributed by atoms with van der Waals surface area (Å²) in [6.45, 7) is 5.83. The number of halogens is 1. The van der Waals surface area contributed by atoms with Crippen molar-refractivity contribution in [3.05, 3.63) is 46.2 Å². The van der Waals surface area contributed by atoms with Gasteiger partial charge in [-0.3, -0.25) is 0 Å². The summed E-state index contributed by atoms with van der Waals surface area (Å²) in [6.07, 6.45) is 0. The Kier molecular flexibility index (Phi) is 3.22. The Labute approximate surface area is 106 Å². The van der Waals surface area contributed by atoms with Crippen LogP contribution in [0.25, 0.3) is 5.69 Å². The molecule has 2 aromatic rings. The molecule has 17 heavy (non-hydrogen) atoms. The van der Waals surface area contributed by atoms with E-state index >= 15 is 0 Å².